The van der Waals surface area contributed by atoms with E-state index in [1.54, 1.807) is 20.9 Å². The SMILES string of the molecule is CCN(CC)C(CNC(=NC)NCC(C)(C)S(C)(=O)=O)c1ccccc1.I. The molecule has 0 fully saturated rings. The van der Waals surface area contributed by atoms with Crippen molar-refractivity contribution in [3.05, 3.63) is 35.9 Å². The van der Waals surface area contributed by atoms with E-state index in [1.165, 1.54) is 11.8 Å². The molecule has 0 amide bonds. The molecule has 0 aliphatic carbocycles. The van der Waals surface area contributed by atoms with E-state index in [1.807, 2.05) is 18.2 Å². The molecule has 2 N–H and O–H groups in total. The molecule has 1 aromatic rings. The molecule has 27 heavy (non-hydrogen) atoms. The molecule has 0 heterocycles. The Morgan fingerprint density at radius 3 is 2.15 bits per heavy atom. The zero-order valence-corrected chi connectivity index (χ0v) is 20.5. The molecule has 1 rings (SSSR count). The molecule has 0 bridgehead atoms. The van der Waals surface area contributed by atoms with Gasteiger partial charge in [-0.1, -0.05) is 44.2 Å². The zero-order chi connectivity index (χ0) is 19.8. The minimum atomic E-state index is -3.16. The van der Waals surface area contributed by atoms with Crippen LogP contribution >= 0.6 is 24.0 Å². The van der Waals surface area contributed by atoms with Crippen LogP contribution in [0.4, 0.5) is 0 Å². The number of nitrogens with one attached hydrogen (secondary N) is 2. The predicted molar refractivity (Wildman–Crippen MR) is 126 cm³/mol. The number of hydrogen-bond donors (Lipinski definition) is 2. The van der Waals surface area contributed by atoms with Gasteiger partial charge in [0.05, 0.1) is 10.8 Å². The minimum absolute atomic E-state index is 0. The van der Waals surface area contributed by atoms with Gasteiger partial charge in [0.2, 0.25) is 0 Å². The summed E-state index contributed by atoms with van der Waals surface area (Å²) in [5.41, 5.74) is 1.25. The Kier molecular flexibility index (Phi) is 11.5. The van der Waals surface area contributed by atoms with Crippen molar-refractivity contribution in [2.75, 3.05) is 39.5 Å². The standard InChI is InChI=1S/C19H34N4O2S.HI/c1-7-23(8-2)17(16-12-10-9-11-13-16)14-21-18(20-5)22-15-19(3,4)26(6,24)25;/h9-13,17H,7-8,14-15H2,1-6H3,(H2,20,21,22);1H. The molecule has 0 saturated heterocycles. The molecule has 8 heteroatoms. The highest BCUT2D eigenvalue weighted by Crippen LogP contribution is 2.19. The Hall–Kier alpha value is -0.870. The van der Waals surface area contributed by atoms with Gasteiger partial charge in [-0.2, -0.15) is 0 Å². The van der Waals surface area contributed by atoms with Crippen LogP contribution in [-0.4, -0.2) is 63.5 Å². The van der Waals surface area contributed by atoms with Crippen molar-refractivity contribution in [2.45, 2.75) is 38.5 Å². The van der Waals surface area contributed by atoms with Crippen LogP contribution in [0.15, 0.2) is 35.3 Å². The average Bonchev–Trinajstić information content (AvgIpc) is 2.60. The van der Waals surface area contributed by atoms with Crippen molar-refractivity contribution in [1.29, 1.82) is 0 Å². The van der Waals surface area contributed by atoms with E-state index in [0.29, 0.717) is 19.0 Å². The summed E-state index contributed by atoms with van der Waals surface area (Å²) >= 11 is 0. The van der Waals surface area contributed by atoms with Crippen LogP contribution in [0.2, 0.25) is 0 Å². The van der Waals surface area contributed by atoms with E-state index in [2.05, 4.69) is 46.5 Å². The van der Waals surface area contributed by atoms with Crippen LogP contribution in [0, 0.1) is 0 Å². The van der Waals surface area contributed by atoms with E-state index in [-0.39, 0.29) is 30.0 Å². The second-order valence-corrected chi connectivity index (χ2v) is 9.64. The number of benzene rings is 1. The number of rotatable bonds is 9. The van der Waals surface area contributed by atoms with Crippen LogP contribution in [-0.2, 0) is 9.84 Å². The van der Waals surface area contributed by atoms with Gasteiger partial charge >= 0.3 is 0 Å². The van der Waals surface area contributed by atoms with Gasteiger partial charge in [0, 0.05) is 26.4 Å². The molecule has 6 nitrogen and oxygen atoms in total. The number of halogens is 1. The summed E-state index contributed by atoms with van der Waals surface area (Å²) < 4.78 is 22.9. The lowest BCUT2D eigenvalue weighted by Crippen LogP contribution is -2.49. The number of guanidine groups is 1. The first-order valence-corrected chi connectivity index (χ1v) is 11.0. The van der Waals surface area contributed by atoms with Crippen molar-refractivity contribution < 1.29 is 8.42 Å². The maximum atomic E-state index is 11.9. The number of aliphatic imine (C=N–C) groups is 1. The van der Waals surface area contributed by atoms with Crippen LogP contribution < -0.4 is 10.6 Å². The van der Waals surface area contributed by atoms with E-state index < -0.39 is 14.6 Å². The summed E-state index contributed by atoms with van der Waals surface area (Å²) in [6.45, 7) is 10.6. The smallest absolute Gasteiger partial charge is 0.191 e. The van der Waals surface area contributed by atoms with Crippen LogP contribution in [0.5, 0.6) is 0 Å². The minimum Gasteiger partial charge on any atom is -0.355 e. The number of likely N-dealkylation sites (N-methyl/N-ethyl adjacent to an activating group) is 1. The van der Waals surface area contributed by atoms with E-state index in [9.17, 15) is 8.42 Å². The Morgan fingerprint density at radius 1 is 1.15 bits per heavy atom. The quantitative estimate of drug-likeness (QED) is 0.304. The van der Waals surface area contributed by atoms with Crippen LogP contribution in [0.25, 0.3) is 0 Å². The highest BCUT2D eigenvalue weighted by Gasteiger charge is 2.30. The maximum Gasteiger partial charge on any atom is 0.191 e. The summed E-state index contributed by atoms with van der Waals surface area (Å²) in [5.74, 6) is 0.606. The highest BCUT2D eigenvalue weighted by atomic mass is 127. The molecule has 1 unspecified atom stereocenters. The topological polar surface area (TPSA) is 73.8 Å². The number of sulfone groups is 1. The van der Waals surface area contributed by atoms with Gasteiger partial charge in [-0.05, 0) is 32.5 Å². The van der Waals surface area contributed by atoms with Crippen LogP contribution in [0.1, 0.15) is 39.3 Å². The lowest BCUT2D eigenvalue weighted by Gasteiger charge is -2.31. The van der Waals surface area contributed by atoms with Crippen LogP contribution in [0.3, 0.4) is 0 Å². The van der Waals surface area contributed by atoms with E-state index >= 15 is 0 Å². The number of hydrogen-bond acceptors (Lipinski definition) is 4. The summed E-state index contributed by atoms with van der Waals surface area (Å²) in [5, 5.41) is 6.48. The zero-order valence-electron chi connectivity index (χ0n) is 17.3. The third kappa shape index (κ3) is 7.95. The second kappa shape index (κ2) is 11.9. The number of nitrogens with zero attached hydrogens (tertiary/aromatic N) is 2. The lowest BCUT2D eigenvalue weighted by molar-refractivity contribution is 0.219. The van der Waals surface area contributed by atoms with Gasteiger partial charge in [-0.3, -0.25) is 9.89 Å². The first-order chi connectivity index (χ1) is 12.2. The fourth-order valence-corrected chi connectivity index (χ4v) is 2.97. The first kappa shape index (κ1) is 26.1. The Bertz CT molecular complexity index is 674. The van der Waals surface area contributed by atoms with Gasteiger partial charge < -0.3 is 10.6 Å². The fraction of sp³-hybridized carbons (Fsp3) is 0.632. The Balaban J connectivity index is 0.00000676. The van der Waals surface area contributed by atoms with Gasteiger partial charge in [0.25, 0.3) is 0 Å². The van der Waals surface area contributed by atoms with Gasteiger partial charge in [-0.25, -0.2) is 8.42 Å². The molecular formula is C19H35IN4O2S. The van der Waals surface area contributed by atoms with Crippen molar-refractivity contribution >= 4 is 39.8 Å². The molecule has 0 spiro atoms. The third-order valence-electron chi connectivity index (χ3n) is 4.81. The van der Waals surface area contributed by atoms with Gasteiger partial charge in [0.15, 0.2) is 15.8 Å². The summed E-state index contributed by atoms with van der Waals surface area (Å²) in [6, 6.07) is 10.6. The predicted octanol–water partition coefficient (Wildman–Crippen LogP) is 2.68. The monoisotopic (exact) mass is 510 g/mol. The summed E-state index contributed by atoms with van der Waals surface area (Å²) in [7, 11) is -1.46. The molecule has 0 saturated carbocycles. The Labute approximate surface area is 182 Å². The van der Waals surface area contributed by atoms with Gasteiger partial charge in [-0.15, -0.1) is 24.0 Å². The molecule has 1 atom stereocenters. The van der Waals surface area contributed by atoms with E-state index in [4.69, 9.17) is 0 Å². The molecule has 0 aromatic heterocycles. The van der Waals surface area contributed by atoms with E-state index in [0.717, 1.165) is 13.1 Å². The molecule has 0 radical (unpaired) electrons. The normalized spacial score (nSPS) is 13.8. The molecule has 0 aliphatic heterocycles. The summed E-state index contributed by atoms with van der Waals surface area (Å²) in [4.78, 5) is 6.62. The molecular weight excluding hydrogens is 475 g/mol. The first-order valence-electron chi connectivity index (χ1n) is 9.09. The highest BCUT2D eigenvalue weighted by molar-refractivity contribution is 14.0. The fourth-order valence-electron chi connectivity index (χ4n) is 2.64. The van der Waals surface area contributed by atoms with Crippen molar-refractivity contribution in [2.24, 2.45) is 4.99 Å². The Morgan fingerprint density at radius 2 is 1.70 bits per heavy atom. The molecule has 0 aliphatic rings. The van der Waals surface area contributed by atoms with Crippen molar-refractivity contribution in [1.82, 2.24) is 15.5 Å². The second-order valence-electron chi connectivity index (χ2n) is 6.99. The average molecular weight is 510 g/mol. The van der Waals surface area contributed by atoms with Crippen molar-refractivity contribution in [3.8, 4) is 0 Å². The van der Waals surface area contributed by atoms with Crippen molar-refractivity contribution in [3.63, 3.8) is 0 Å². The summed E-state index contributed by atoms with van der Waals surface area (Å²) in [6.07, 6.45) is 1.26. The lowest BCUT2D eigenvalue weighted by atomic mass is 10.1. The third-order valence-corrected chi connectivity index (χ3v) is 6.96. The van der Waals surface area contributed by atoms with Gasteiger partial charge in [0.1, 0.15) is 0 Å². The largest absolute Gasteiger partial charge is 0.355 e. The maximum absolute atomic E-state index is 11.9. The molecule has 156 valence electrons. The molecule has 1 aromatic carbocycles.